The van der Waals surface area contributed by atoms with E-state index in [1.54, 1.807) is 28.7 Å². The van der Waals surface area contributed by atoms with Crippen LogP contribution in [0.4, 0.5) is 0 Å². The first-order chi connectivity index (χ1) is 12.5. The number of carbonyl (C=O) groups is 1. The molecule has 1 aromatic carbocycles. The maximum absolute atomic E-state index is 12.7. The van der Waals surface area contributed by atoms with Crippen molar-refractivity contribution in [1.29, 1.82) is 0 Å². The zero-order valence-electron chi connectivity index (χ0n) is 14.2. The lowest BCUT2D eigenvalue weighted by atomic mass is 9.92. The fourth-order valence-corrected chi connectivity index (χ4v) is 4.00. The van der Waals surface area contributed by atoms with Gasteiger partial charge in [-0.3, -0.25) is 14.9 Å². The minimum atomic E-state index is -0.552. The second-order valence-electron chi connectivity index (χ2n) is 6.28. The van der Waals surface area contributed by atoms with Gasteiger partial charge in [-0.15, -0.1) is 5.92 Å². The summed E-state index contributed by atoms with van der Waals surface area (Å²) >= 11 is 12.8. The van der Waals surface area contributed by atoms with E-state index in [2.05, 4.69) is 22.4 Å². The summed E-state index contributed by atoms with van der Waals surface area (Å²) in [6.07, 6.45) is 1.35. The highest BCUT2D eigenvalue weighted by Crippen LogP contribution is 2.45. The second-order valence-corrected chi connectivity index (χ2v) is 7.10. The van der Waals surface area contributed by atoms with Crippen LogP contribution in [0.5, 0.6) is 0 Å². The summed E-state index contributed by atoms with van der Waals surface area (Å²) in [4.78, 5) is 12.7. The second kappa shape index (κ2) is 6.60. The molecule has 0 bridgehead atoms. The largest absolute Gasteiger partial charge is 0.350 e. The Morgan fingerprint density at radius 1 is 1.35 bits per heavy atom. The monoisotopic (exact) mass is 390 g/mol. The first-order valence-corrected chi connectivity index (χ1v) is 8.86. The number of nitrogens with one attached hydrogen (secondary N) is 1. The lowest BCUT2D eigenvalue weighted by Gasteiger charge is -2.29. The first-order valence-electron chi connectivity index (χ1n) is 8.10. The average molecular weight is 391 g/mol. The Balaban J connectivity index is 1.57. The van der Waals surface area contributed by atoms with E-state index in [0.717, 1.165) is 5.69 Å². The molecule has 4 rings (SSSR count). The summed E-state index contributed by atoms with van der Waals surface area (Å²) in [5.41, 5.74) is 5.03. The molecule has 8 heteroatoms. The van der Waals surface area contributed by atoms with E-state index in [4.69, 9.17) is 27.9 Å². The summed E-state index contributed by atoms with van der Waals surface area (Å²) in [7, 11) is 1.85. The Bertz CT molecular complexity index is 923. The van der Waals surface area contributed by atoms with Crippen molar-refractivity contribution in [2.24, 2.45) is 7.05 Å². The van der Waals surface area contributed by atoms with Crippen molar-refractivity contribution in [3.05, 3.63) is 51.3 Å². The molecule has 2 aliphatic heterocycles. The summed E-state index contributed by atoms with van der Waals surface area (Å²) in [6, 6.07) is 5.35. The highest BCUT2D eigenvalue weighted by molar-refractivity contribution is 6.36. The van der Waals surface area contributed by atoms with E-state index < -0.39 is 5.92 Å². The third-order valence-electron chi connectivity index (χ3n) is 4.43. The predicted molar refractivity (Wildman–Crippen MR) is 97.3 cm³/mol. The molecule has 1 N–H and O–H groups in total. The molecule has 0 spiro atoms. The van der Waals surface area contributed by atoms with Gasteiger partial charge in [-0.05, 0) is 25.1 Å². The molecule has 1 amide bonds. The molecule has 6 nitrogen and oxygen atoms in total. The summed E-state index contributed by atoms with van der Waals surface area (Å²) < 4.78 is 7.48. The number of aryl methyl sites for hydroxylation is 1. The summed E-state index contributed by atoms with van der Waals surface area (Å²) in [6.45, 7) is 2.20. The smallest absolute Gasteiger partial charge is 0.244 e. The van der Waals surface area contributed by atoms with Gasteiger partial charge in [-0.1, -0.05) is 29.1 Å². The van der Waals surface area contributed by atoms with Gasteiger partial charge >= 0.3 is 0 Å². The number of hydrogen-bond acceptors (Lipinski definition) is 4. The predicted octanol–water partition coefficient (Wildman–Crippen LogP) is 2.45. The van der Waals surface area contributed by atoms with E-state index >= 15 is 0 Å². The Morgan fingerprint density at radius 2 is 2.08 bits per heavy atom. The Morgan fingerprint density at radius 3 is 2.69 bits per heavy atom. The van der Waals surface area contributed by atoms with Crippen LogP contribution in [0.15, 0.2) is 24.4 Å². The molecule has 0 saturated carbocycles. The van der Waals surface area contributed by atoms with Crippen LogP contribution in [0.2, 0.25) is 10.0 Å². The number of ether oxygens (including phenoxy) is 1. The van der Waals surface area contributed by atoms with Crippen molar-refractivity contribution in [3.8, 4) is 11.8 Å². The van der Waals surface area contributed by atoms with Gasteiger partial charge in [0, 0.05) is 34.4 Å². The molecule has 3 unspecified atom stereocenters. The Hall–Kier alpha value is -2.04. The fraction of sp³-hybridized carbons (Fsp3) is 0.333. The quantitative estimate of drug-likeness (QED) is 0.645. The molecule has 2 aromatic rings. The zero-order chi connectivity index (χ0) is 18.4. The number of fused-ring (bicyclic) bond motifs is 1. The van der Waals surface area contributed by atoms with E-state index in [-0.39, 0.29) is 18.2 Å². The average Bonchev–Trinajstić information content (AvgIpc) is 3.26. The third kappa shape index (κ3) is 3.08. The van der Waals surface area contributed by atoms with E-state index in [1.165, 1.54) is 0 Å². The van der Waals surface area contributed by atoms with Gasteiger partial charge in [0.1, 0.15) is 6.10 Å². The van der Waals surface area contributed by atoms with Gasteiger partial charge in [-0.2, -0.15) is 10.1 Å². The molecule has 2 saturated heterocycles. The third-order valence-corrected chi connectivity index (χ3v) is 5.06. The van der Waals surface area contributed by atoms with Gasteiger partial charge in [0.15, 0.2) is 6.23 Å². The molecule has 3 heterocycles. The molecular formula is C18H16Cl2N4O2. The molecule has 2 fully saturated rings. The lowest BCUT2D eigenvalue weighted by Crippen LogP contribution is -2.52. The van der Waals surface area contributed by atoms with Gasteiger partial charge in [0.05, 0.1) is 18.2 Å². The van der Waals surface area contributed by atoms with Crippen LogP contribution in [0.1, 0.15) is 29.7 Å². The molecule has 0 radical (unpaired) electrons. The SMILES string of the molecule is CC#Cc1cc(Cl)c(C2C(=O)NN(Cc3ccn(C)n3)C3OC23)c(Cl)c1. The van der Waals surface area contributed by atoms with Crippen LogP contribution < -0.4 is 5.43 Å². The number of nitrogens with zero attached hydrogens (tertiary/aromatic N) is 3. The van der Waals surface area contributed by atoms with Crippen molar-refractivity contribution in [3.63, 3.8) is 0 Å². The molecule has 26 heavy (non-hydrogen) atoms. The van der Waals surface area contributed by atoms with Crippen LogP contribution in [-0.2, 0) is 23.1 Å². The van der Waals surface area contributed by atoms with E-state index in [1.807, 2.05) is 19.3 Å². The van der Waals surface area contributed by atoms with Crippen LogP contribution in [0.25, 0.3) is 0 Å². The van der Waals surface area contributed by atoms with Crippen LogP contribution >= 0.6 is 23.2 Å². The molecule has 2 aliphatic rings. The minimum absolute atomic E-state index is 0.196. The van der Waals surface area contributed by atoms with Crippen molar-refractivity contribution in [2.75, 3.05) is 0 Å². The molecule has 134 valence electrons. The number of aromatic nitrogens is 2. The number of amides is 1. The van der Waals surface area contributed by atoms with Crippen molar-refractivity contribution in [1.82, 2.24) is 20.2 Å². The minimum Gasteiger partial charge on any atom is -0.350 e. The van der Waals surface area contributed by atoms with E-state index in [0.29, 0.717) is 27.7 Å². The topological polar surface area (TPSA) is 62.7 Å². The maximum Gasteiger partial charge on any atom is 0.244 e. The van der Waals surface area contributed by atoms with Gasteiger partial charge in [0.2, 0.25) is 5.91 Å². The number of hydrazine groups is 1. The van der Waals surface area contributed by atoms with Gasteiger partial charge in [0.25, 0.3) is 0 Å². The molecule has 3 atom stereocenters. The summed E-state index contributed by atoms with van der Waals surface area (Å²) in [5.74, 6) is 4.98. The van der Waals surface area contributed by atoms with Crippen LogP contribution in [-0.4, -0.2) is 33.0 Å². The maximum atomic E-state index is 12.7. The number of benzene rings is 1. The molecular weight excluding hydrogens is 375 g/mol. The first kappa shape index (κ1) is 17.4. The highest BCUT2D eigenvalue weighted by Gasteiger charge is 2.57. The highest BCUT2D eigenvalue weighted by atomic mass is 35.5. The lowest BCUT2D eigenvalue weighted by molar-refractivity contribution is -0.130. The zero-order valence-corrected chi connectivity index (χ0v) is 15.7. The van der Waals surface area contributed by atoms with Crippen molar-refractivity contribution >= 4 is 29.1 Å². The normalized spacial score (nSPS) is 24.5. The van der Waals surface area contributed by atoms with Crippen molar-refractivity contribution < 1.29 is 9.53 Å². The number of hydrogen-bond donors (Lipinski definition) is 1. The molecule has 0 aliphatic carbocycles. The van der Waals surface area contributed by atoms with Crippen LogP contribution in [0.3, 0.4) is 0 Å². The summed E-state index contributed by atoms with van der Waals surface area (Å²) in [5, 5.41) is 6.92. The van der Waals surface area contributed by atoms with Crippen molar-refractivity contribution in [2.45, 2.75) is 31.7 Å². The van der Waals surface area contributed by atoms with Gasteiger partial charge in [-0.25, -0.2) is 0 Å². The number of rotatable bonds is 3. The Labute approximate surface area is 161 Å². The molecule has 1 aromatic heterocycles. The fourth-order valence-electron chi connectivity index (χ4n) is 3.28. The van der Waals surface area contributed by atoms with Gasteiger partial charge < -0.3 is 4.74 Å². The standard InChI is InChI=1S/C18H16Cl2N4O2/c1-3-4-10-7-12(19)14(13(20)8-10)15-16-18(26-16)24(22-17(15)25)9-11-5-6-23(2)21-11/h5-8,15-16,18H,9H2,1-2H3,(H,22,25). The van der Waals surface area contributed by atoms with E-state index in [9.17, 15) is 4.79 Å². The Kier molecular flexibility index (Phi) is 4.41. The number of epoxide rings is 1. The van der Waals surface area contributed by atoms with Crippen LogP contribution in [0, 0.1) is 11.8 Å². The number of halogens is 2. The number of carbonyl (C=O) groups excluding carboxylic acids is 1.